The number of nitrogens with one attached hydrogen (secondary N) is 1. The van der Waals surface area contributed by atoms with Gasteiger partial charge in [-0.2, -0.15) is 0 Å². The first-order valence-electron chi connectivity index (χ1n) is 6.80. The predicted octanol–water partition coefficient (Wildman–Crippen LogP) is 1.59. The monoisotopic (exact) mass is 275 g/mol. The van der Waals surface area contributed by atoms with Gasteiger partial charge in [0.25, 0.3) is 5.91 Å². The Kier molecular flexibility index (Phi) is 3.34. The summed E-state index contributed by atoms with van der Waals surface area (Å²) < 4.78 is 9.93. The first-order valence-corrected chi connectivity index (χ1v) is 6.80. The lowest BCUT2D eigenvalue weighted by atomic mass is 9.93. The number of ether oxygens (including phenoxy) is 1. The van der Waals surface area contributed by atoms with Crippen molar-refractivity contribution in [2.75, 3.05) is 13.7 Å². The van der Waals surface area contributed by atoms with Crippen LogP contribution in [0.15, 0.2) is 33.7 Å². The highest BCUT2D eigenvalue weighted by Gasteiger charge is 2.35. The molecule has 20 heavy (non-hydrogen) atoms. The highest BCUT2D eigenvalue weighted by atomic mass is 16.5. The molecule has 3 rings (SSSR count). The molecule has 1 N–H and O–H groups in total. The van der Waals surface area contributed by atoms with Gasteiger partial charge in [0.2, 0.25) is 11.2 Å². The van der Waals surface area contributed by atoms with E-state index in [1.165, 1.54) is 13.5 Å². The maximum Gasteiger partial charge on any atom is 0.287 e. The maximum atomic E-state index is 12.0. The second-order valence-corrected chi connectivity index (χ2v) is 5.43. The molecule has 0 aromatic carbocycles. The van der Waals surface area contributed by atoms with Crippen molar-refractivity contribution in [2.24, 2.45) is 17.8 Å². The fourth-order valence-electron chi connectivity index (χ4n) is 3.11. The zero-order chi connectivity index (χ0) is 14.1. The van der Waals surface area contributed by atoms with Crippen molar-refractivity contribution >= 4 is 5.91 Å². The van der Waals surface area contributed by atoms with E-state index >= 15 is 0 Å². The van der Waals surface area contributed by atoms with Crippen LogP contribution in [0.4, 0.5) is 0 Å². The summed E-state index contributed by atoms with van der Waals surface area (Å²) in [6.07, 6.45) is 8.02. The number of hydrogen-bond acceptors (Lipinski definition) is 4. The number of carbonyl (C=O) groups is 1. The summed E-state index contributed by atoms with van der Waals surface area (Å²) in [5.74, 6) is 1.54. The van der Waals surface area contributed by atoms with E-state index < -0.39 is 0 Å². The number of amides is 1. The van der Waals surface area contributed by atoms with E-state index in [4.69, 9.17) is 9.15 Å². The van der Waals surface area contributed by atoms with Gasteiger partial charge in [0.15, 0.2) is 5.76 Å². The van der Waals surface area contributed by atoms with Gasteiger partial charge < -0.3 is 14.5 Å². The van der Waals surface area contributed by atoms with Crippen LogP contribution in [-0.2, 0) is 0 Å². The summed E-state index contributed by atoms with van der Waals surface area (Å²) >= 11 is 0. The van der Waals surface area contributed by atoms with Crippen LogP contribution in [0.2, 0.25) is 0 Å². The van der Waals surface area contributed by atoms with Gasteiger partial charge in [0.05, 0.1) is 7.11 Å². The fourth-order valence-corrected chi connectivity index (χ4v) is 3.11. The van der Waals surface area contributed by atoms with Crippen molar-refractivity contribution < 1.29 is 13.9 Å². The van der Waals surface area contributed by atoms with Crippen LogP contribution in [0, 0.1) is 17.8 Å². The fraction of sp³-hybridized carbons (Fsp3) is 0.467. The Labute approximate surface area is 116 Å². The highest BCUT2D eigenvalue weighted by molar-refractivity contribution is 5.91. The SMILES string of the molecule is COc1coc(C(=O)NC[C@@H]2C[C@H]3C=C[C@@H]2C3)cc1=O. The second-order valence-electron chi connectivity index (χ2n) is 5.43. The summed E-state index contributed by atoms with van der Waals surface area (Å²) in [7, 11) is 1.38. The Morgan fingerprint density at radius 3 is 2.90 bits per heavy atom. The summed E-state index contributed by atoms with van der Waals surface area (Å²) in [5, 5.41) is 2.84. The molecule has 0 radical (unpaired) electrons. The molecular weight excluding hydrogens is 258 g/mol. The van der Waals surface area contributed by atoms with Gasteiger partial charge >= 0.3 is 0 Å². The number of carbonyl (C=O) groups excluding carboxylic acids is 1. The van der Waals surface area contributed by atoms with E-state index in [0.29, 0.717) is 24.3 Å². The minimum Gasteiger partial charge on any atom is -0.490 e. The Balaban J connectivity index is 1.61. The van der Waals surface area contributed by atoms with E-state index in [1.54, 1.807) is 0 Å². The quantitative estimate of drug-likeness (QED) is 0.847. The Bertz CT molecular complexity index is 604. The van der Waals surface area contributed by atoms with Crippen molar-refractivity contribution in [1.29, 1.82) is 0 Å². The maximum absolute atomic E-state index is 12.0. The number of methoxy groups -OCH3 is 1. The Morgan fingerprint density at radius 2 is 2.30 bits per heavy atom. The number of fused-ring (bicyclic) bond motifs is 2. The van der Waals surface area contributed by atoms with Crippen LogP contribution < -0.4 is 15.5 Å². The average molecular weight is 275 g/mol. The first-order chi connectivity index (χ1) is 9.67. The lowest BCUT2D eigenvalue weighted by molar-refractivity contribution is 0.0914. The first kappa shape index (κ1) is 13.0. The molecule has 5 heteroatoms. The standard InChI is InChI=1S/C15H17NO4/c1-19-14-8-20-13(6-12(14)17)15(18)16-7-11-5-9-2-3-10(11)4-9/h2-3,6,8-11H,4-5,7H2,1H3,(H,16,18)/t9-,10+,11-/m0/s1. The van der Waals surface area contributed by atoms with Gasteiger partial charge in [-0.3, -0.25) is 9.59 Å². The van der Waals surface area contributed by atoms with E-state index in [0.717, 1.165) is 18.8 Å². The lowest BCUT2D eigenvalue weighted by Crippen LogP contribution is -2.31. The van der Waals surface area contributed by atoms with E-state index in [1.807, 2.05) is 0 Å². The van der Waals surface area contributed by atoms with Crippen molar-refractivity contribution in [3.05, 3.63) is 40.5 Å². The molecule has 0 saturated heterocycles. The number of rotatable bonds is 4. The second kappa shape index (κ2) is 5.15. The normalized spacial score (nSPS) is 26.8. The molecule has 0 spiro atoms. The van der Waals surface area contributed by atoms with Gasteiger partial charge in [-0.15, -0.1) is 0 Å². The van der Waals surface area contributed by atoms with E-state index in [-0.39, 0.29) is 22.8 Å². The molecular formula is C15H17NO4. The Morgan fingerprint density at radius 1 is 1.45 bits per heavy atom. The van der Waals surface area contributed by atoms with Crippen LogP contribution >= 0.6 is 0 Å². The minimum absolute atomic E-state index is 0.0227. The minimum atomic E-state index is -0.355. The van der Waals surface area contributed by atoms with E-state index in [2.05, 4.69) is 17.5 Å². The van der Waals surface area contributed by atoms with Crippen molar-refractivity contribution in [1.82, 2.24) is 5.32 Å². The molecule has 3 atom stereocenters. The Hall–Kier alpha value is -2.04. The molecule has 1 aromatic heterocycles. The zero-order valence-corrected chi connectivity index (χ0v) is 11.3. The van der Waals surface area contributed by atoms with Gasteiger partial charge in [0.1, 0.15) is 6.26 Å². The van der Waals surface area contributed by atoms with Crippen molar-refractivity contribution in [3.8, 4) is 5.75 Å². The highest BCUT2D eigenvalue weighted by Crippen LogP contribution is 2.42. The largest absolute Gasteiger partial charge is 0.490 e. The third-order valence-corrected chi connectivity index (χ3v) is 4.18. The molecule has 1 saturated carbocycles. The molecule has 5 nitrogen and oxygen atoms in total. The topological polar surface area (TPSA) is 68.5 Å². The number of allylic oxidation sites excluding steroid dienone is 2. The van der Waals surface area contributed by atoms with Crippen LogP contribution in [0.5, 0.6) is 5.75 Å². The van der Waals surface area contributed by atoms with Gasteiger partial charge in [-0.25, -0.2) is 0 Å². The van der Waals surface area contributed by atoms with Crippen LogP contribution in [0.3, 0.4) is 0 Å². The molecule has 1 fully saturated rings. The van der Waals surface area contributed by atoms with Gasteiger partial charge in [-0.05, 0) is 30.6 Å². The molecule has 1 heterocycles. The molecule has 2 aliphatic carbocycles. The lowest BCUT2D eigenvalue weighted by Gasteiger charge is -2.18. The van der Waals surface area contributed by atoms with Gasteiger partial charge in [-0.1, -0.05) is 12.2 Å². The zero-order valence-electron chi connectivity index (χ0n) is 11.3. The third kappa shape index (κ3) is 2.35. The van der Waals surface area contributed by atoms with E-state index in [9.17, 15) is 9.59 Å². The molecule has 106 valence electrons. The molecule has 2 aliphatic rings. The van der Waals surface area contributed by atoms with Crippen molar-refractivity contribution in [2.45, 2.75) is 12.8 Å². The summed E-state index contributed by atoms with van der Waals surface area (Å²) in [6, 6.07) is 1.16. The molecule has 2 bridgehead atoms. The third-order valence-electron chi connectivity index (χ3n) is 4.18. The predicted molar refractivity (Wildman–Crippen MR) is 72.7 cm³/mol. The molecule has 1 amide bonds. The average Bonchev–Trinajstić information content (AvgIpc) is 3.07. The molecule has 0 aliphatic heterocycles. The van der Waals surface area contributed by atoms with Crippen LogP contribution in [0.25, 0.3) is 0 Å². The van der Waals surface area contributed by atoms with Crippen molar-refractivity contribution in [3.63, 3.8) is 0 Å². The molecule has 0 unspecified atom stereocenters. The summed E-state index contributed by atoms with van der Waals surface area (Å²) in [5.41, 5.74) is -0.355. The van der Waals surface area contributed by atoms with Crippen LogP contribution in [-0.4, -0.2) is 19.6 Å². The number of hydrogen-bond donors (Lipinski definition) is 1. The van der Waals surface area contributed by atoms with Gasteiger partial charge in [0, 0.05) is 12.6 Å². The van der Waals surface area contributed by atoms with Crippen LogP contribution in [0.1, 0.15) is 23.4 Å². The molecule has 1 aromatic rings. The summed E-state index contributed by atoms with van der Waals surface area (Å²) in [6.45, 7) is 0.625. The summed E-state index contributed by atoms with van der Waals surface area (Å²) in [4.78, 5) is 23.5. The smallest absolute Gasteiger partial charge is 0.287 e.